The molecule has 0 aliphatic carbocycles. The number of carboxylic acids is 1. The SMILES string of the molecule is CCC(=O)O[C@@H](OC(=O)N1C[C@@H](COc2cc(F)ccc2F)C[C@H]1C(=O)O)C(C)C. The molecule has 1 aromatic rings. The zero-order chi connectivity index (χ0) is 22.4. The first-order chi connectivity index (χ1) is 14.1. The van der Waals surface area contributed by atoms with Crippen LogP contribution in [-0.4, -0.2) is 53.5 Å². The molecule has 0 radical (unpaired) electrons. The van der Waals surface area contributed by atoms with Gasteiger partial charge in [0.15, 0.2) is 11.6 Å². The van der Waals surface area contributed by atoms with Crippen molar-refractivity contribution in [3.63, 3.8) is 0 Å². The highest BCUT2D eigenvalue weighted by Gasteiger charge is 2.42. The van der Waals surface area contributed by atoms with Gasteiger partial charge in [0.2, 0.25) is 0 Å². The maximum atomic E-state index is 13.7. The van der Waals surface area contributed by atoms with Crippen LogP contribution in [-0.2, 0) is 19.1 Å². The Balaban J connectivity index is 2.03. The van der Waals surface area contributed by atoms with Gasteiger partial charge in [-0.15, -0.1) is 0 Å². The molecule has 0 saturated carbocycles. The van der Waals surface area contributed by atoms with Crippen molar-refractivity contribution in [2.75, 3.05) is 13.2 Å². The van der Waals surface area contributed by atoms with Crippen LogP contribution >= 0.6 is 0 Å². The van der Waals surface area contributed by atoms with E-state index in [2.05, 4.69) is 0 Å². The second-order valence-electron chi connectivity index (χ2n) is 7.33. The lowest BCUT2D eigenvalue weighted by atomic mass is 10.1. The smallest absolute Gasteiger partial charge is 0.413 e. The number of carboxylic acid groups (broad SMARTS) is 1. The van der Waals surface area contributed by atoms with Crippen LogP contribution in [0.4, 0.5) is 13.6 Å². The maximum Gasteiger partial charge on any atom is 0.413 e. The molecule has 0 bridgehead atoms. The molecular weight excluding hydrogens is 404 g/mol. The summed E-state index contributed by atoms with van der Waals surface area (Å²) >= 11 is 0. The van der Waals surface area contributed by atoms with Crippen LogP contribution in [0.15, 0.2) is 18.2 Å². The predicted octanol–water partition coefficient (Wildman–Crippen LogP) is 3.19. The van der Waals surface area contributed by atoms with Crippen LogP contribution in [0.3, 0.4) is 0 Å². The topological polar surface area (TPSA) is 102 Å². The maximum absolute atomic E-state index is 13.7. The Hall–Kier alpha value is -2.91. The van der Waals surface area contributed by atoms with Crippen LogP contribution in [0.5, 0.6) is 5.75 Å². The van der Waals surface area contributed by atoms with Crippen LogP contribution in [0.1, 0.15) is 33.6 Å². The average Bonchev–Trinajstić information content (AvgIpc) is 3.12. The van der Waals surface area contributed by atoms with Crippen molar-refractivity contribution in [2.45, 2.75) is 45.9 Å². The van der Waals surface area contributed by atoms with Gasteiger partial charge < -0.3 is 19.3 Å². The van der Waals surface area contributed by atoms with Gasteiger partial charge in [-0.05, 0) is 18.6 Å². The fourth-order valence-corrected chi connectivity index (χ4v) is 2.95. The summed E-state index contributed by atoms with van der Waals surface area (Å²) in [5, 5.41) is 9.46. The molecule has 1 aliphatic rings. The molecule has 1 fully saturated rings. The minimum atomic E-state index is -1.24. The Labute approximate surface area is 172 Å². The number of halogens is 2. The van der Waals surface area contributed by atoms with Crippen LogP contribution < -0.4 is 4.74 Å². The fraction of sp³-hybridized carbons (Fsp3) is 0.550. The van der Waals surface area contributed by atoms with Gasteiger partial charge in [-0.3, -0.25) is 9.69 Å². The molecule has 1 aliphatic heterocycles. The summed E-state index contributed by atoms with van der Waals surface area (Å²) in [6, 6.07) is 1.58. The first kappa shape index (κ1) is 23.4. The molecule has 30 heavy (non-hydrogen) atoms. The molecule has 0 aromatic heterocycles. The van der Waals surface area contributed by atoms with Gasteiger partial charge in [0.25, 0.3) is 6.29 Å². The third kappa shape index (κ3) is 6.04. The molecule has 0 spiro atoms. The van der Waals surface area contributed by atoms with Gasteiger partial charge in [-0.25, -0.2) is 18.4 Å². The Morgan fingerprint density at radius 2 is 1.93 bits per heavy atom. The van der Waals surface area contributed by atoms with Crippen molar-refractivity contribution in [3.05, 3.63) is 29.8 Å². The largest absolute Gasteiger partial charge is 0.490 e. The van der Waals surface area contributed by atoms with E-state index < -0.39 is 47.9 Å². The van der Waals surface area contributed by atoms with E-state index in [-0.39, 0.29) is 37.7 Å². The summed E-state index contributed by atoms with van der Waals surface area (Å²) in [5.41, 5.74) is 0. The van der Waals surface area contributed by atoms with Gasteiger partial charge >= 0.3 is 18.0 Å². The van der Waals surface area contributed by atoms with E-state index in [4.69, 9.17) is 14.2 Å². The number of benzene rings is 1. The van der Waals surface area contributed by atoms with Gasteiger partial charge in [-0.1, -0.05) is 20.8 Å². The van der Waals surface area contributed by atoms with Gasteiger partial charge in [0.05, 0.1) is 6.61 Å². The fourth-order valence-electron chi connectivity index (χ4n) is 2.95. The predicted molar refractivity (Wildman–Crippen MR) is 99.6 cm³/mol. The molecule has 2 rings (SSSR count). The minimum absolute atomic E-state index is 0.0285. The number of hydrogen-bond acceptors (Lipinski definition) is 6. The first-order valence-electron chi connectivity index (χ1n) is 9.59. The normalized spacial score (nSPS) is 19.5. The summed E-state index contributed by atoms with van der Waals surface area (Å²) in [7, 11) is 0. The Morgan fingerprint density at radius 1 is 1.23 bits per heavy atom. The zero-order valence-electron chi connectivity index (χ0n) is 17.0. The van der Waals surface area contributed by atoms with Crippen LogP contribution in [0.2, 0.25) is 0 Å². The van der Waals surface area contributed by atoms with E-state index in [0.717, 1.165) is 23.1 Å². The van der Waals surface area contributed by atoms with Crippen molar-refractivity contribution < 1.29 is 42.5 Å². The number of ether oxygens (including phenoxy) is 3. The highest BCUT2D eigenvalue weighted by atomic mass is 19.1. The number of rotatable bonds is 8. The number of nitrogens with zero attached hydrogens (tertiary/aromatic N) is 1. The molecule has 0 unspecified atom stereocenters. The lowest BCUT2D eigenvalue weighted by Crippen LogP contribution is -2.43. The first-order valence-corrected chi connectivity index (χ1v) is 9.59. The number of carbonyl (C=O) groups is 3. The van der Waals surface area contributed by atoms with Crippen molar-refractivity contribution in [2.24, 2.45) is 11.8 Å². The van der Waals surface area contributed by atoms with Gasteiger partial charge in [-0.2, -0.15) is 0 Å². The van der Waals surface area contributed by atoms with E-state index in [9.17, 15) is 28.3 Å². The van der Waals surface area contributed by atoms with E-state index in [1.807, 2.05) is 0 Å². The lowest BCUT2D eigenvalue weighted by molar-refractivity contribution is -0.177. The third-order valence-electron chi connectivity index (χ3n) is 4.57. The van der Waals surface area contributed by atoms with Crippen molar-refractivity contribution >= 4 is 18.0 Å². The molecule has 1 amide bonds. The molecule has 3 atom stereocenters. The quantitative estimate of drug-likeness (QED) is 0.500. The zero-order valence-corrected chi connectivity index (χ0v) is 17.0. The highest BCUT2D eigenvalue weighted by molar-refractivity contribution is 5.81. The number of hydrogen-bond donors (Lipinski definition) is 1. The van der Waals surface area contributed by atoms with E-state index in [0.29, 0.717) is 0 Å². The van der Waals surface area contributed by atoms with E-state index in [1.54, 1.807) is 20.8 Å². The monoisotopic (exact) mass is 429 g/mol. The molecule has 1 aromatic carbocycles. The molecule has 166 valence electrons. The van der Waals surface area contributed by atoms with Crippen molar-refractivity contribution in [1.82, 2.24) is 4.90 Å². The number of amides is 1. The molecule has 1 N–H and O–H groups in total. The summed E-state index contributed by atoms with van der Waals surface area (Å²) in [6.45, 7) is 4.81. The third-order valence-corrected chi connectivity index (χ3v) is 4.57. The standard InChI is InChI=1S/C20H25F2NO7/c1-4-17(24)29-19(11(2)3)30-20(27)23-9-12(7-15(23)18(25)26)10-28-16-8-13(21)5-6-14(16)22/h5-6,8,11-12,15,19H,4,7,9-10H2,1-3H3,(H,25,26)/t12-,15-,19-/m0/s1. The molecule has 1 saturated heterocycles. The van der Waals surface area contributed by atoms with Gasteiger partial charge in [0, 0.05) is 30.9 Å². The van der Waals surface area contributed by atoms with E-state index in [1.165, 1.54) is 0 Å². The summed E-state index contributed by atoms with van der Waals surface area (Å²) in [6.07, 6.45) is -1.96. The minimum Gasteiger partial charge on any atom is -0.490 e. The van der Waals surface area contributed by atoms with Gasteiger partial charge in [0.1, 0.15) is 11.9 Å². The Bertz CT molecular complexity index is 786. The molecule has 10 heteroatoms. The summed E-state index contributed by atoms with van der Waals surface area (Å²) < 4.78 is 42.5. The number of carbonyl (C=O) groups excluding carboxylic acids is 2. The Kier molecular flexibility index (Phi) is 7.96. The molecule has 1 heterocycles. The molecule has 8 nitrogen and oxygen atoms in total. The number of aliphatic carboxylic acids is 1. The lowest BCUT2D eigenvalue weighted by Gasteiger charge is -2.26. The summed E-state index contributed by atoms with van der Waals surface area (Å²) in [4.78, 5) is 36.7. The molecular formula is C20H25F2NO7. The highest BCUT2D eigenvalue weighted by Crippen LogP contribution is 2.27. The van der Waals surface area contributed by atoms with Crippen LogP contribution in [0.25, 0.3) is 0 Å². The average molecular weight is 429 g/mol. The second-order valence-corrected chi connectivity index (χ2v) is 7.33. The van der Waals surface area contributed by atoms with Crippen molar-refractivity contribution in [1.29, 1.82) is 0 Å². The van der Waals surface area contributed by atoms with Crippen LogP contribution in [0, 0.1) is 23.5 Å². The van der Waals surface area contributed by atoms with Crippen molar-refractivity contribution in [3.8, 4) is 5.75 Å². The van der Waals surface area contributed by atoms with E-state index >= 15 is 0 Å². The summed E-state index contributed by atoms with van der Waals surface area (Å²) in [5.74, 6) is -4.30. The Morgan fingerprint density at radius 3 is 2.53 bits per heavy atom. The number of likely N-dealkylation sites (tertiary alicyclic amines) is 1. The number of esters is 1. The second kappa shape index (κ2) is 10.2.